The van der Waals surface area contributed by atoms with Crippen LogP contribution in [0.5, 0.6) is 0 Å². The number of hydrogen-bond acceptors (Lipinski definition) is 3. The fourth-order valence-corrected chi connectivity index (χ4v) is 2.07. The smallest absolute Gasteiger partial charge is 0.408 e. The molecular formula is C13H16Cl3N3O2S. The van der Waals surface area contributed by atoms with Crippen molar-refractivity contribution >= 4 is 63.9 Å². The molecule has 5 nitrogen and oxygen atoms in total. The van der Waals surface area contributed by atoms with Crippen molar-refractivity contribution in [2.24, 2.45) is 0 Å². The number of benzene rings is 1. The lowest BCUT2D eigenvalue weighted by Gasteiger charge is -2.27. The Kier molecular flexibility index (Phi) is 7.48. The minimum Gasteiger partial charge on any atom is -0.450 e. The molecule has 0 aliphatic heterocycles. The normalized spacial score (nSPS) is 12.2. The van der Waals surface area contributed by atoms with Gasteiger partial charge < -0.3 is 15.4 Å². The van der Waals surface area contributed by atoms with Gasteiger partial charge in [0.05, 0.1) is 6.61 Å². The van der Waals surface area contributed by atoms with Gasteiger partial charge in [-0.2, -0.15) is 0 Å². The summed E-state index contributed by atoms with van der Waals surface area (Å²) in [5.74, 6) is 0. The van der Waals surface area contributed by atoms with E-state index < -0.39 is 16.1 Å². The van der Waals surface area contributed by atoms with E-state index in [-0.39, 0.29) is 11.7 Å². The molecule has 1 aromatic carbocycles. The molecule has 0 heterocycles. The van der Waals surface area contributed by atoms with Crippen molar-refractivity contribution in [3.63, 3.8) is 0 Å². The van der Waals surface area contributed by atoms with Gasteiger partial charge in [-0.15, -0.1) is 0 Å². The van der Waals surface area contributed by atoms with Crippen molar-refractivity contribution in [1.29, 1.82) is 0 Å². The van der Waals surface area contributed by atoms with Gasteiger partial charge in [0.2, 0.25) is 3.79 Å². The number of amides is 1. The minimum atomic E-state index is -1.81. The molecule has 1 atom stereocenters. The van der Waals surface area contributed by atoms with E-state index in [4.69, 9.17) is 51.8 Å². The van der Waals surface area contributed by atoms with Gasteiger partial charge in [-0.05, 0) is 43.8 Å². The SMILES string of the molecule is CCOC(=O)NC(NC(=S)Nc1cccc(C)c1)C(Cl)(Cl)Cl. The van der Waals surface area contributed by atoms with Crippen LogP contribution in [0.4, 0.5) is 10.5 Å². The maximum Gasteiger partial charge on any atom is 0.408 e. The Morgan fingerprint density at radius 2 is 2.05 bits per heavy atom. The van der Waals surface area contributed by atoms with E-state index in [9.17, 15) is 4.79 Å². The zero-order valence-corrected chi connectivity index (χ0v) is 15.0. The summed E-state index contributed by atoms with van der Waals surface area (Å²) in [6.07, 6.45) is -1.77. The van der Waals surface area contributed by atoms with Crippen LogP contribution in [0.25, 0.3) is 0 Å². The molecule has 1 rings (SSSR count). The summed E-state index contributed by atoms with van der Waals surface area (Å²) in [5.41, 5.74) is 1.84. The van der Waals surface area contributed by atoms with E-state index in [0.29, 0.717) is 0 Å². The van der Waals surface area contributed by atoms with Crippen LogP contribution in [0.2, 0.25) is 0 Å². The lowest BCUT2D eigenvalue weighted by molar-refractivity contribution is 0.147. The van der Waals surface area contributed by atoms with Crippen molar-refractivity contribution in [2.45, 2.75) is 23.8 Å². The van der Waals surface area contributed by atoms with Crippen LogP contribution in [-0.2, 0) is 4.74 Å². The van der Waals surface area contributed by atoms with Gasteiger partial charge in [0.15, 0.2) is 11.3 Å². The first-order chi connectivity index (χ1) is 10.2. The van der Waals surface area contributed by atoms with Gasteiger partial charge in [-0.3, -0.25) is 5.32 Å². The van der Waals surface area contributed by atoms with E-state index in [1.165, 1.54) is 0 Å². The van der Waals surface area contributed by atoms with Crippen LogP contribution >= 0.6 is 47.0 Å². The standard InChI is InChI=1S/C13H16Cl3N3O2S/c1-3-21-12(20)19-10(13(14,15)16)18-11(22)17-9-6-4-5-8(2)7-9/h4-7,10H,3H2,1-2H3,(H,19,20)(H2,17,18,22). The zero-order chi connectivity index (χ0) is 16.8. The molecule has 0 saturated heterocycles. The summed E-state index contributed by atoms with van der Waals surface area (Å²) < 4.78 is 2.94. The monoisotopic (exact) mass is 383 g/mol. The fraction of sp³-hybridized carbons (Fsp3) is 0.385. The molecule has 1 unspecified atom stereocenters. The van der Waals surface area contributed by atoms with Crippen molar-refractivity contribution < 1.29 is 9.53 Å². The average Bonchev–Trinajstić information content (AvgIpc) is 2.37. The average molecular weight is 385 g/mol. The minimum absolute atomic E-state index is 0.193. The predicted molar refractivity (Wildman–Crippen MR) is 94.8 cm³/mol. The molecule has 0 aliphatic carbocycles. The first kappa shape index (κ1) is 19.1. The highest BCUT2D eigenvalue weighted by atomic mass is 35.6. The Hall–Kier alpha value is -0.950. The maximum atomic E-state index is 11.5. The Labute approximate surface area is 149 Å². The molecule has 0 radical (unpaired) electrons. The van der Waals surface area contributed by atoms with E-state index in [1.54, 1.807) is 6.92 Å². The Bertz CT molecular complexity index is 538. The van der Waals surface area contributed by atoms with Gasteiger partial charge in [0, 0.05) is 5.69 Å². The number of halogens is 3. The molecule has 0 spiro atoms. The first-order valence-corrected chi connectivity index (χ1v) is 7.90. The van der Waals surface area contributed by atoms with Crippen LogP contribution in [0.15, 0.2) is 24.3 Å². The van der Waals surface area contributed by atoms with Crippen molar-refractivity contribution in [2.75, 3.05) is 11.9 Å². The number of ether oxygens (including phenoxy) is 1. The molecule has 1 aromatic rings. The maximum absolute atomic E-state index is 11.5. The van der Waals surface area contributed by atoms with Crippen LogP contribution in [0, 0.1) is 6.92 Å². The summed E-state index contributed by atoms with van der Waals surface area (Å²) in [6, 6.07) is 7.57. The summed E-state index contributed by atoms with van der Waals surface area (Å²) >= 11 is 22.6. The van der Waals surface area contributed by atoms with Crippen LogP contribution in [0.3, 0.4) is 0 Å². The third kappa shape index (κ3) is 6.87. The van der Waals surface area contributed by atoms with Crippen LogP contribution < -0.4 is 16.0 Å². The number of rotatable bonds is 4. The van der Waals surface area contributed by atoms with Crippen molar-refractivity contribution in [3.05, 3.63) is 29.8 Å². The van der Waals surface area contributed by atoms with Gasteiger partial charge in [0.25, 0.3) is 0 Å². The lowest BCUT2D eigenvalue weighted by atomic mass is 10.2. The van der Waals surface area contributed by atoms with Crippen molar-refractivity contribution in [3.8, 4) is 0 Å². The number of alkyl carbamates (subject to hydrolysis) is 1. The Morgan fingerprint density at radius 3 is 2.59 bits per heavy atom. The second kappa shape index (κ2) is 8.62. The van der Waals surface area contributed by atoms with Gasteiger partial charge in [0.1, 0.15) is 0 Å². The van der Waals surface area contributed by atoms with E-state index in [2.05, 4.69) is 16.0 Å². The number of anilines is 1. The molecule has 9 heteroatoms. The van der Waals surface area contributed by atoms with E-state index in [0.717, 1.165) is 11.3 Å². The number of alkyl halides is 3. The summed E-state index contributed by atoms with van der Waals surface area (Å²) in [6.45, 7) is 3.82. The number of carbonyl (C=O) groups excluding carboxylic acids is 1. The number of thiocarbonyl (C=S) groups is 1. The number of carbonyl (C=O) groups is 1. The fourth-order valence-electron chi connectivity index (χ4n) is 1.51. The van der Waals surface area contributed by atoms with Crippen molar-refractivity contribution in [1.82, 2.24) is 10.6 Å². The third-order valence-corrected chi connectivity index (χ3v) is 3.29. The van der Waals surface area contributed by atoms with Gasteiger partial charge in [-0.1, -0.05) is 46.9 Å². The molecule has 1 amide bonds. The second-order valence-electron chi connectivity index (χ2n) is 4.31. The summed E-state index contributed by atoms with van der Waals surface area (Å²) in [7, 11) is 0. The number of hydrogen-bond donors (Lipinski definition) is 3. The molecule has 22 heavy (non-hydrogen) atoms. The Morgan fingerprint density at radius 1 is 1.36 bits per heavy atom. The van der Waals surface area contributed by atoms with E-state index >= 15 is 0 Å². The highest BCUT2D eigenvalue weighted by molar-refractivity contribution is 7.80. The highest BCUT2D eigenvalue weighted by Crippen LogP contribution is 2.29. The van der Waals surface area contributed by atoms with Gasteiger partial charge in [-0.25, -0.2) is 4.79 Å². The molecular weight excluding hydrogens is 369 g/mol. The first-order valence-electron chi connectivity index (χ1n) is 6.36. The highest BCUT2D eigenvalue weighted by Gasteiger charge is 2.35. The number of nitrogens with one attached hydrogen (secondary N) is 3. The predicted octanol–water partition coefficient (Wildman–Crippen LogP) is 3.72. The largest absolute Gasteiger partial charge is 0.450 e. The molecule has 0 aromatic heterocycles. The second-order valence-corrected chi connectivity index (χ2v) is 7.08. The van der Waals surface area contributed by atoms with Crippen LogP contribution in [0.1, 0.15) is 12.5 Å². The van der Waals surface area contributed by atoms with E-state index in [1.807, 2.05) is 31.2 Å². The number of aryl methyl sites for hydroxylation is 1. The molecule has 0 fully saturated rings. The summed E-state index contributed by atoms with van der Waals surface area (Å²) in [4.78, 5) is 11.5. The third-order valence-electron chi connectivity index (χ3n) is 2.42. The van der Waals surface area contributed by atoms with Gasteiger partial charge >= 0.3 is 6.09 Å². The molecule has 0 saturated carbocycles. The molecule has 3 N–H and O–H groups in total. The molecule has 0 aliphatic rings. The zero-order valence-electron chi connectivity index (χ0n) is 12.0. The summed E-state index contributed by atoms with van der Waals surface area (Å²) in [5, 5.41) is 8.25. The topological polar surface area (TPSA) is 62.4 Å². The van der Waals surface area contributed by atoms with Crippen LogP contribution in [-0.4, -0.2) is 27.8 Å². The Balaban J connectivity index is 2.68. The molecule has 0 bridgehead atoms. The quantitative estimate of drug-likeness (QED) is 0.419. The lowest BCUT2D eigenvalue weighted by Crippen LogP contribution is -2.56. The molecule has 122 valence electrons.